The predicted octanol–water partition coefficient (Wildman–Crippen LogP) is 5.36. The molecule has 0 aliphatic carbocycles. The minimum absolute atomic E-state index is 0.253. The minimum Gasteiger partial charge on any atom is -0.496 e. The third-order valence-electron chi connectivity index (χ3n) is 4.76. The van der Waals surface area contributed by atoms with Crippen LogP contribution >= 0.6 is 19.6 Å². The van der Waals surface area contributed by atoms with Crippen LogP contribution in [0.3, 0.4) is 0 Å². The number of hydrogen-bond donors (Lipinski definition) is 1. The highest BCUT2D eigenvalue weighted by Crippen LogP contribution is 2.54. The van der Waals surface area contributed by atoms with Crippen LogP contribution in [-0.4, -0.2) is 30.3 Å². The molecule has 0 aromatic heterocycles. The fraction of sp³-hybridized carbons (Fsp3) is 0.333. The Morgan fingerprint density at radius 1 is 1.21 bits per heavy atom. The van der Waals surface area contributed by atoms with Crippen LogP contribution in [0.1, 0.15) is 31.4 Å². The molecule has 0 amide bonds. The van der Waals surface area contributed by atoms with Gasteiger partial charge in [-0.2, -0.15) is 0 Å². The van der Waals surface area contributed by atoms with Gasteiger partial charge in [0.2, 0.25) is 0 Å². The third-order valence-corrected chi connectivity index (χ3v) is 6.97. The minimum atomic E-state index is -4.38. The van der Waals surface area contributed by atoms with E-state index in [2.05, 4.69) is 0 Å². The summed E-state index contributed by atoms with van der Waals surface area (Å²) in [5.41, 5.74) is 1.17. The van der Waals surface area contributed by atoms with Crippen LogP contribution in [-0.2, 0) is 18.3 Å². The van der Waals surface area contributed by atoms with E-state index in [1.165, 1.54) is 11.8 Å². The molecular formula is C21H23O6PS. The van der Waals surface area contributed by atoms with Gasteiger partial charge in [0.1, 0.15) is 11.5 Å². The second-order valence-corrected chi connectivity index (χ2v) is 9.93. The molecule has 29 heavy (non-hydrogen) atoms. The molecular weight excluding hydrogens is 411 g/mol. The molecule has 0 spiro atoms. The Labute approximate surface area is 174 Å². The number of methoxy groups -OCH3 is 1. The number of ether oxygens (including phenoxy) is 2. The lowest BCUT2D eigenvalue weighted by atomic mass is 10.1. The molecule has 2 heterocycles. The van der Waals surface area contributed by atoms with Gasteiger partial charge in [0.15, 0.2) is 0 Å². The Kier molecular flexibility index (Phi) is 5.53. The van der Waals surface area contributed by atoms with Crippen molar-refractivity contribution in [3.8, 4) is 5.75 Å². The fourth-order valence-corrected chi connectivity index (χ4v) is 5.56. The maximum atomic E-state index is 12.8. The van der Waals surface area contributed by atoms with Crippen LogP contribution in [0.15, 0.2) is 52.3 Å². The van der Waals surface area contributed by atoms with E-state index in [4.69, 9.17) is 18.5 Å². The van der Waals surface area contributed by atoms with Gasteiger partial charge in [-0.25, -0.2) is 4.57 Å². The molecule has 1 fully saturated rings. The number of phosphoric ester groups is 1. The van der Waals surface area contributed by atoms with Crippen LogP contribution in [0, 0.1) is 0 Å². The molecule has 4 rings (SSSR count). The molecule has 2 aromatic carbocycles. The van der Waals surface area contributed by atoms with Crippen molar-refractivity contribution in [3.05, 3.63) is 53.6 Å². The molecule has 2 aliphatic rings. The second-order valence-electron chi connectivity index (χ2n) is 7.55. The molecule has 1 saturated heterocycles. The highest BCUT2D eigenvalue weighted by atomic mass is 32.2. The summed E-state index contributed by atoms with van der Waals surface area (Å²) in [5.74, 6) is 0.929. The fourth-order valence-electron chi connectivity index (χ4n) is 3.46. The van der Waals surface area contributed by atoms with Gasteiger partial charge in [-0.05, 0) is 43.7 Å². The first-order valence-electron chi connectivity index (χ1n) is 9.27. The number of hydrogen-bond acceptors (Lipinski definition) is 6. The van der Waals surface area contributed by atoms with E-state index in [0.29, 0.717) is 17.7 Å². The summed E-state index contributed by atoms with van der Waals surface area (Å²) in [6.07, 6.45) is 1.77. The SMILES string of the molecule is COc1cccc2c1Sc1ccccc1C=C2OP(=O)(O)OC1COC(C)(C)C1. The summed E-state index contributed by atoms with van der Waals surface area (Å²) in [4.78, 5) is 12.3. The lowest BCUT2D eigenvalue weighted by molar-refractivity contribution is 0.0301. The molecule has 0 bridgehead atoms. The monoisotopic (exact) mass is 434 g/mol. The van der Waals surface area contributed by atoms with Crippen LogP contribution in [0.5, 0.6) is 5.75 Å². The van der Waals surface area contributed by atoms with Crippen LogP contribution < -0.4 is 4.74 Å². The number of rotatable bonds is 5. The molecule has 0 radical (unpaired) electrons. The molecule has 0 saturated carbocycles. The van der Waals surface area contributed by atoms with E-state index < -0.39 is 13.9 Å². The average Bonchev–Trinajstić information content (AvgIpc) is 2.91. The molecule has 1 N–H and O–H groups in total. The number of fused-ring (bicyclic) bond motifs is 2. The van der Waals surface area contributed by atoms with Gasteiger partial charge in [-0.3, -0.25) is 9.42 Å². The van der Waals surface area contributed by atoms with E-state index in [1.54, 1.807) is 13.2 Å². The van der Waals surface area contributed by atoms with Gasteiger partial charge in [0, 0.05) is 16.9 Å². The number of benzene rings is 2. The van der Waals surface area contributed by atoms with Crippen LogP contribution in [0.25, 0.3) is 11.8 Å². The van der Waals surface area contributed by atoms with E-state index in [1.807, 2.05) is 56.3 Å². The van der Waals surface area contributed by atoms with E-state index in [0.717, 1.165) is 15.4 Å². The van der Waals surface area contributed by atoms with Crippen LogP contribution in [0.2, 0.25) is 0 Å². The highest BCUT2D eigenvalue weighted by Gasteiger charge is 2.39. The van der Waals surface area contributed by atoms with Gasteiger partial charge in [0.25, 0.3) is 0 Å². The normalized spacial score (nSPS) is 21.9. The maximum absolute atomic E-state index is 12.8. The molecule has 6 nitrogen and oxygen atoms in total. The number of phosphoric acid groups is 1. The van der Waals surface area contributed by atoms with Crippen molar-refractivity contribution >= 4 is 31.4 Å². The molecule has 2 aliphatic heterocycles. The van der Waals surface area contributed by atoms with Gasteiger partial charge in [-0.1, -0.05) is 36.0 Å². The first-order valence-corrected chi connectivity index (χ1v) is 11.6. The van der Waals surface area contributed by atoms with Gasteiger partial charge in [-0.15, -0.1) is 0 Å². The van der Waals surface area contributed by atoms with Gasteiger partial charge in [0.05, 0.1) is 30.3 Å². The summed E-state index contributed by atoms with van der Waals surface area (Å²) in [6.45, 7) is 4.09. The van der Waals surface area contributed by atoms with E-state index in [9.17, 15) is 9.46 Å². The predicted molar refractivity (Wildman–Crippen MR) is 112 cm³/mol. The first-order chi connectivity index (χ1) is 13.8. The Balaban J connectivity index is 1.68. The van der Waals surface area contributed by atoms with Crippen LogP contribution in [0.4, 0.5) is 0 Å². The molecule has 154 valence electrons. The Bertz CT molecular complexity index is 1000. The molecule has 2 atom stereocenters. The molecule has 8 heteroatoms. The maximum Gasteiger partial charge on any atom is 0.527 e. The second kappa shape index (κ2) is 7.82. The van der Waals surface area contributed by atoms with Crippen molar-refractivity contribution in [2.75, 3.05) is 13.7 Å². The smallest absolute Gasteiger partial charge is 0.496 e. The van der Waals surface area contributed by atoms with Crippen molar-refractivity contribution in [1.29, 1.82) is 0 Å². The Morgan fingerprint density at radius 2 is 2.00 bits per heavy atom. The zero-order chi connectivity index (χ0) is 20.6. The Hall–Kier alpha value is -1.76. The zero-order valence-electron chi connectivity index (χ0n) is 16.5. The van der Waals surface area contributed by atoms with Crippen molar-refractivity contribution in [2.45, 2.75) is 41.8 Å². The quantitative estimate of drug-likeness (QED) is 0.635. The Morgan fingerprint density at radius 3 is 2.72 bits per heavy atom. The topological polar surface area (TPSA) is 74.2 Å². The lowest BCUT2D eigenvalue weighted by Gasteiger charge is -2.20. The molecule has 2 unspecified atom stereocenters. The van der Waals surface area contributed by atoms with E-state index >= 15 is 0 Å². The van der Waals surface area contributed by atoms with Crippen molar-refractivity contribution in [1.82, 2.24) is 0 Å². The summed E-state index contributed by atoms with van der Waals surface area (Å²) in [7, 11) is -2.78. The lowest BCUT2D eigenvalue weighted by Crippen LogP contribution is -2.18. The van der Waals surface area contributed by atoms with Gasteiger partial charge >= 0.3 is 7.82 Å². The summed E-state index contributed by atoms with van der Waals surface area (Å²) in [6, 6.07) is 13.3. The molecule has 2 aromatic rings. The zero-order valence-corrected chi connectivity index (χ0v) is 18.2. The van der Waals surface area contributed by atoms with Crippen molar-refractivity contribution < 1.29 is 28.0 Å². The summed E-state index contributed by atoms with van der Waals surface area (Å²) >= 11 is 1.53. The van der Waals surface area contributed by atoms with Crippen molar-refractivity contribution in [3.63, 3.8) is 0 Å². The summed E-state index contributed by atoms with van der Waals surface area (Å²) in [5, 5.41) is 0. The highest BCUT2D eigenvalue weighted by molar-refractivity contribution is 7.99. The largest absolute Gasteiger partial charge is 0.527 e. The first kappa shape index (κ1) is 20.5. The van der Waals surface area contributed by atoms with Crippen molar-refractivity contribution in [2.24, 2.45) is 0 Å². The van der Waals surface area contributed by atoms with Gasteiger partial charge < -0.3 is 14.0 Å². The average molecular weight is 434 g/mol. The van der Waals surface area contributed by atoms with E-state index in [-0.39, 0.29) is 18.0 Å². The third kappa shape index (κ3) is 4.55. The summed E-state index contributed by atoms with van der Waals surface area (Å²) < 4.78 is 34.9. The standard InChI is InChI=1S/C21H23O6PS/c1-21(2)12-15(13-25-21)26-28(22,23)27-18-11-14-7-4-5-10-19(14)29-20-16(18)8-6-9-17(20)24-3/h4-11,15H,12-13H2,1-3H3,(H,22,23).